The predicted molar refractivity (Wildman–Crippen MR) is 81.7 cm³/mol. The number of aliphatic hydroxyl groups excluding tert-OH is 1. The number of thioether (sulfide) groups is 1. The second-order valence-electron chi connectivity index (χ2n) is 5.04. The highest BCUT2D eigenvalue weighted by Crippen LogP contribution is 2.21. The summed E-state index contributed by atoms with van der Waals surface area (Å²) >= 11 is 1.59. The van der Waals surface area contributed by atoms with Crippen LogP contribution in [0.5, 0.6) is 0 Å². The van der Waals surface area contributed by atoms with Crippen molar-refractivity contribution in [3.63, 3.8) is 0 Å². The van der Waals surface area contributed by atoms with Gasteiger partial charge in [0.25, 0.3) is 0 Å². The average molecular weight is 298 g/mol. The molecule has 0 unspecified atom stereocenters. The molecule has 0 radical (unpaired) electrons. The Hall–Kier alpha value is -0.620. The van der Waals surface area contributed by atoms with E-state index in [9.17, 15) is 4.39 Å². The lowest BCUT2D eigenvalue weighted by Crippen LogP contribution is -2.33. The molecule has 1 fully saturated rings. The lowest BCUT2D eigenvalue weighted by atomic mass is 10.3. The molecule has 5 heteroatoms. The molecular weight excluding hydrogens is 275 g/mol. The van der Waals surface area contributed by atoms with E-state index in [0.717, 1.165) is 56.3 Å². The van der Waals surface area contributed by atoms with E-state index < -0.39 is 0 Å². The Balaban J connectivity index is 1.70. The third-order valence-electron chi connectivity index (χ3n) is 3.60. The first-order valence-corrected chi connectivity index (χ1v) is 8.21. The number of halogens is 1. The van der Waals surface area contributed by atoms with Crippen LogP contribution < -0.4 is 0 Å². The summed E-state index contributed by atoms with van der Waals surface area (Å²) < 4.78 is 13.5. The van der Waals surface area contributed by atoms with E-state index in [1.54, 1.807) is 17.8 Å². The molecule has 0 spiro atoms. The third kappa shape index (κ3) is 5.05. The molecule has 1 aliphatic rings. The van der Waals surface area contributed by atoms with E-state index in [4.69, 9.17) is 5.11 Å². The van der Waals surface area contributed by atoms with Gasteiger partial charge in [0.15, 0.2) is 0 Å². The fourth-order valence-electron chi connectivity index (χ4n) is 2.46. The van der Waals surface area contributed by atoms with Crippen molar-refractivity contribution in [1.29, 1.82) is 0 Å². The Morgan fingerprint density at radius 1 is 1.05 bits per heavy atom. The Kier molecular flexibility index (Phi) is 6.79. The average Bonchev–Trinajstić information content (AvgIpc) is 2.67. The number of benzene rings is 1. The molecule has 1 aliphatic heterocycles. The summed E-state index contributed by atoms with van der Waals surface area (Å²) in [5, 5.41) is 8.98. The van der Waals surface area contributed by atoms with Crippen LogP contribution in [-0.2, 0) is 0 Å². The Bertz CT molecular complexity index is 405. The second kappa shape index (κ2) is 8.62. The van der Waals surface area contributed by atoms with Gasteiger partial charge in [-0.25, -0.2) is 4.39 Å². The molecule has 112 valence electrons. The zero-order chi connectivity index (χ0) is 14.2. The van der Waals surface area contributed by atoms with Gasteiger partial charge in [-0.3, -0.25) is 4.90 Å². The summed E-state index contributed by atoms with van der Waals surface area (Å²) in [7, 11) is 0. The maximum atomic E-state index is 13.5. The van der Waals surface area contributed by atoms with Gasteiger partial charge in [-0.15, -0.1) is 11.8 Å². The molecule has 1 aromatic carbocycles. The summed E-state index contributed by atoms with van der Waals surface area (Å²) in [6, 6.07) is 6.96. The summed E-state index contributed by atoms with van der Waals surface area (Å²) in [6.07, 6.45) is 1.14. The van der Waals surface area contributed by atoms with Crippen molar-refractivity contribution in [1.82, 2.24) is 9.80 Å². The summed E-state index contributed by atoms with van der Waals surface area (Å²) in [6.45, 7) is 6.23. The van der Waals surface area contributed by atoms with Crippen LogP contribution in [0.25, 0.3) is 0 Å². The molecule has 2 rings (SSSR count). The zero-order valence-electron chi connectivity index (χ0n) is 11.8. The van der Waals surface area contributed by atoms with Crippen LogP contribution in [0.4, 0.5) is 4.39 Å². The lowest BCUT2D eigenvalue weighted by Gasteiger charge is -2.21. The number of nitrogens with zero attached hydrogens (tertiary/aromatic N) is 2. The standard InChI is InChI=1S/C15H23FN2OS/c16-14-4-1-2-5-15(14)20-13-11-18-7-3-6-17(8-9-18)10-12-19/h1-2,4-5,19H,3,6-13H2. The molecule has 0 aromatic heterocycles. The van der Waals surface area contributed by atoms with Crippen molar-refractivity contribution in [3.05, 3.63) is 30.1 Å². The largest absolute Gasteiger partial charge is 0.395 e. The first-order valence-electron chi connectivity index (χ1n) is 7.22. The van der Waals surface area contributed by atoms with Crippen LogP contribution in [0.1, 0.15) is 6.42 Å². The Morgan fingerprint density at radius 3 is 2.45 bits per heavy atom. The molecule has 0 amide bonds. The minimum atomic E-state index is -0.123. The molecule has 20 heavy (non-hydrogen) atoms. The van der Waals surface area contributed by atoms with Crippen molar-refractivity contribution in [2.24, 2.45) is 0 Å². The molecule has 3 nitrogen and oxygen atoms in total. The SMILES string of the molecule is OCCN1CCCN(CCSc2ccccc2F)CC1. The number of aliphatic hydroxyl groups is 1. The Morgan fingerprint density at radius 2 is 1.75 bits per heavy atom. The number of hydrogen-bond acceptors (Lipinski definition) is 4. The van der Waals surface area contributed by atoms with E-state index in [2.05, 4.69) is 9.80 Å². The lowest BCUT2D eigenvalue weighted by molar-refractivity contribution is 0.198. The zero-order valence-corrected chi connectivity index (χ0v) is 12.6. The second-order valence-corrected chi connectivity index (χ2v) is 6.18. The Labute approximate surface area is 124 Å². The van der Waals surface area contributed by atoms with Gasteiger partial charge in [-0.1, -0.05) is 12.1 Å². The maximum Gasteiger partial charge on any atom is 0.136 e. The normalized spacial score (nSPS) is 18.1. The van der Waals surface area contributed by atoms with Gasteiger partial charge < -0.3 is 10.0 Å². The fraction of sp³-hybridized carbons (Fsp3) is 0.600. The van der Waals surface area contributed by atoms with E-state index in [0.29, 0.717) is 0 Å². The van der Waals surface area contributed by atoms with Crippen molar-refractivity contribution in [2.75, 3.05) is 51.6 Å². The molecule has 0 atom stereocenters. The quantitative estimate of drug-likeness (QED) is 0.812. The molecule has 0 bridgehead atoms. The van der Waals surface area contributed by atoms with E-state index in [-0.39, 0.29) is 12.4 Å². The summed E-state index contributed by atoms with van der Waals surface area (Å²) in [5.41, 5.74) is 0. The van der Waals surface area contributed by atoms with Crippen LogP contribution in [-0.4, -0.2) is 66.5 Å². The maximum absolute atomic E-state index is 13.5. The van der Waals surface area contributed by atoms with Gasteiger partial charge in [-0.2, -0.15) is 0 Å². The fourth-order valence-corrected chi connectivity index (χ4v) is 3.41. The third-order valence-corrected chi connectivity index (χ3v) is 4.63. The van der Waals surface area contributed by atoms with E-state index >= 15 is 0 Å². The van der Waals surface area contributed by atoms with Gasteiger partial charge in [0.2, 0.25) is 0 Å². The van der Waals surface area contributed by atoms with Crippen molar-refractivity contribution >= 4 is 11.8 Å². The molecule has 1 aromatic rings. The van der Waals surface area contributed by atoms with Gasteiger partial charge in [0.1, 0.15) is 5.82 Å². The minimum Gasteiger partial charge on any atom is -0.395 e. The van der Waals surface area contributed by atoms with Crippen LogP contribution in [0.15, 0.2) is 29.2 Å². The van der Waals surface area contributed by atoms with Crippen LogP contribution in [0.2, 0.25) is 0 Å². The van der Waals surface area contributed by atoms with Crippen molar-refractivity contribution in [2.45, 2.75) is 11.3 Å². The first-order chi connectivity index (χ1) is 9.79. The predicted octanol–water partition coefficient (Wildman–Crippen LogP) is 1.92. The van der Waals surface area contributed by atoms with Crippen LogP contribution in [0, 0.1) is 5.82 Å². The number of rotatable bonds is 6. The van der Waals surface area contributed by atoms with Crippen molar-refractivity contribution < 1.29 is 9.50 Å². The monoisotopic (exact) mass is 298 g/mol. The molecule has 0 saturated carbocycles. The van der Waals surface area contributed by atoms with Gasteiger partial charge >= 0.3 is 0 Å². The smallest absolute Gasteiger partial charge is 0.136 e. The van der Waals surface area contributed by atoms with Gasteiger partial charge in [0, 0.05) is 36.8 Å². The van der Waals surface area contributed by atoms with Crippen LogP contribution in [0.3, 0.4) is 0 Å². The minimum absolute atomic E-state index is 0.123. The highest BCUT2D eigenvalue weighted by molar-refractivity contribution is 7.99. The highest BCUT2D eigenvalue weighted by atomic mass is 32.2. The van der Waals surface area contributed by atoms with Gasteiger partial charge in [0.05, 0.1) is 6.61 Å². The topological polar surface area (TPSA) is 26.7 Å². The highest BCUT2D eigenvalue weighted by Gasteiger charge is 2.14. The summed E-state index contributed by atoms with van der Waals surface area (Å²) in [5.74, 6) is 0.795. The number of β-amino-alcohol motifs (C(OH)–C–C–N with tert-alkyl or cyclic N) is 1. The molecule has 1 heterocycles. The molecule has 1 saturated heterocycles. The van der Waals surface area contributed by atoms with E-state index in [1.807, 2.05) is 12.1 Å². The first kappa shape index (κ1) is 15.8. The van der Waals surface area contributed by atoms with Gasteiger partial charge in [-0.05, 0) is 31.6 Å². The van der Waals surface area contributed by atoms with E-state index in [1.165, 1.54) is 6.07 Å². The van der Waals surface area contributed by atoms with Crippen LogP contribution >= 0.6 is 11.8 Å². The molecule has 0 aliphatic carbocycles. The summed E-state index contributed by atoms with van der Waals surface area (Å²) in [4.78, 5) is 5.49. The molecular formula is C15H23FN2OS. The van der Waals surface area contributed by atoms with Crippen molar-refractivity contribution in [3.8, 4) is 0 Å². The number of hydrogen-bond donors (Lipinski definition) is 1. The molecule has 1 N–H and O–H groups in total.